The number of ether oxygens (including phenoxy) is 1. The van der Waals surface area contributed by atoms with Crippen LogP contribution in [0.4, 0.5) is 0 Å². The van der Waals surface area contributed by atoms with E-state index >= 15 is 0 Å². The van der Waals surface area contributed by atoms with Gasteiger partial charge in [-0.25, -0.2) is 0 Å². The second kappa shape index (κ2) is 6.15. The molecule has 0 heterocycles. The van der Waals surface area contributed by atoms with Crippen LogP contribution in [0, 0.1) is 0 Å². The van der Waals surface area contributed by atoms with Crippen molar-refractivity contribution in [2.45, 2.75) is 32.5 Å². The van der Waals surface area contributed by atoms with Crippen LogP contribution >= 0.6 is 0 Å². The third kappa shape index (κ3) is 4.46. The SMILES string of the molecule is CN(C)C(C)(C)COCc1ccc(CN)cc1. The van der Waals surface area contributed by atoms with E-state index in [0.29, 0.717) is 13.2 Å². The summed E-state index contributed by atoms with van der Waals surface area (Å²) in [5.74, 6) is 0. The van der Waals surface area contributed by atoms with Crippen LogP contribution in [0.2, 0.25) is 0 Å². The molecule has 0 bridgehead atoms. The normalized spacial score (nSPS) is 12.1. The molecule has 0 aromatic heterocycles. The van der Waals surface area contributed by atoms with Gasteiger partial charge >= 0.3 is 0 Å². The summed E-state index contributed by atoms with van der Waals surface area (Å²) in [5.41, 5.74) is 7.97. The highest BCUT2D eigenvalue weighted by Gasteiger charge is 2.20. The molecule has 0 unspecified atom stereocenters. The zero-order chi connectivity index (χ0) is 12.9. The average Bonchev–Trinajstić information content (AvgIpc) is 2.29. The third-order valence-corrected chi connectivity index (χ3v) is 3.19. The predicted octanol–water partition coefficient (Wildman–Crippen LogP) is 2.00. The molecule has 0 fully saturated rings. The Balaban J connectivity index is 2.40. The molecule has 3 heteroatoms. The molecule has 0 saturated carbocycles. The van der Waals surface area contributed by atoms with Crippen molar-refractivity contribution in [3.05, 3.63) is 35.4 Å². The quantitative estimate of drug-likeness (QED) is 0.821. The van der Waals surface area contributed by atoms with E-state index < -0.39 is 0 Å². The maximum atomic E-state index is 5.75. The fourth-order valence-electron chi connectivity index (χ4n) is 1.32. The van der Waals surface area contributed by atoms with Gasteiger partial charge in [0, 0.05) is 12.1 Å². The molecule has 1 aromatic rings. The number of benzene rings is 1. The van der Waals surface area contributed by atoms with Crippen LogP contribution in [-0.2, 0) is 17.9 Å². The maximum Gasteiger partial charge on any atom is 0.0717 e. The monoisotopic (exact) mass is 236 g/mol. The van der Waals surface area contributed by atoms with E-state index in [9.17, 15) is 0 Å². The summed E-state index contributed by atoms with van der Waals surface area (Å²) >= 11 is 0. The second-order valence-corrected chi connectivity index (χ2v) is 5.22. The van der Waals surface area contributed by atoms with Gasteiger partial charge in [0.05, 0.1) is 13.2 Å². The van der Waals surface area contributed by atoms with Gasteiger partial charge in [0.15, 0.2) is 0 Å². The molecule has 0 saturated heterocycles. The van der Waals surface area contributed by atoms with Crippen LogP contribution < -0.4 is 5.73 Å². The lowest BCUT2D eigenvalue weighted by Gasteiger charge is -2.32. The molecule has 1 aromatic carbocycles. The van der Waals surface area contributed by atoms with Gasteiger partial charge in [0.2, 0.25) is 0 Å². The van der Waals surface area contributed by atoms with Crippen LogP contribution in [0.3, 0.4) is 0 Å². The van der Waals surface area contributed by atoms with Crippen molar-refractivity contribution in [3.8, 4) is 0 Å². The summed E-state index contributed by atoms with van der Waals surface area (Å²) in [6, 6.07) is 8.25. The zero-order valence-corrected chi connectivity index (χ0v) is 11.4. The third-order valence-electron chi connectivity index (χ3n) is 3.19. The summed E-state index contributed by atoms with van der Waals surface area (Å²) in [7, 11) is 4.14. The first-order valence-corrected chi connectivity index (χ1v) is 5.99. The molecule has 17 heavy (non-hydrogen) atoms. The lowest BCUT2D eigenvalue weighted by Crippen LogP contribution is -2.42. The fraction of sp³-hybridized carbons (Fsp3) is 0.571. The summed E-state index contributed by atoms with van der Waals surface area (Å²) in [5, 5.41) is 0. The number of hydrogen-bond donors (Lipinski definition) is 1. The van der Waals surface area contributed by atoms with Crippen molar-refractivity contribution in [1.82, 2.24) is 4.90 Å². The minimum atomic E-state index is 0.0667. The molecular weight excluding hydrogens is 212 g/mol. The highest BCUT2D eigenvalue weighted by molar-refractivity contribution is 5.21. The lowest BCUT2D eigenvalue weighted by molar-refractivity contribution is 0.0275. The predicted molar refractivity (Wildman–Crippen MR) is 71.8 cm³/mol. The lowest BCUT2D eigenvalue weighted by atomic mass is 10.1. The summed E-state index contributed by atoms with van der Waals surface area (Å²) in [6.07, 6.45) is 0. The van der Waals surface area contributed by atoms with E-state index in [-0.39, 0.29) is 5.54 Å². The van der Waals surface area contributed by atoms with Crippen LogP contribution in [-0.4, -0.2) is 31.1 Å². The maximum absolute atomic E-state index is 5.75. The standard InChI is InChI=1S/C14H24N2O/c1-14(2,16(3)4)11-17-10-13-7-5-12(9-15)6-8-13/h5-8H,9-11,15H2,1-4H3. The summed E-state index contributed by atoms with van der Waals surface area (Å²) in [4.78, 5) is 2.17. The Morgan fingerprint density at radius 2 is 1.65 bits per heavy atom. The van der Waals surface area contributed by atoms with Crippen LogP contribution in [0.5, 0.6) is 0 Å². The minimum Gasteiger partial charge on any atom is -0.375 e. The van der Waals surface area contributed by atoms with Crippen LogP contribution in [0.1, 0.15) is 25.0 Å². The van der Waals surface area contributed by atoms with Crippen molar-refractivity contribution < 1.29 is 4.74 Å². The van der Waals surface area contributed by atoms with E-state index in [0.717, 1.165) is 12.2 Å². The zero-order valence-electron chi connectivity index (χ0n) is 11.4. The molecule has 3 nitrogen and oxygen atoms in total. The van der Waals surface area contributed by atoms with E-state index in [1.54, 1.807) is 0 Å². The van der Waals surface area contributed by atoms with Crippen LogP contribution in [0.15, 0.2) is 24.3 Å². The molecule has 0 spiro atoms. The Labute approximate surface area is 105 Å². The second-order valence-electron chi connectivity index (χ2n) is 5.22. The largest absolute Gasteiger partial charge is 0.375 e. The Kier molecular flexibility index (Phi) is 5.12. The molecule has 96 valence electrons. The number of rotatable bonds is 6. The molecule has 2 N–H and O–H groups in total. The molecule has 0 atom stereocenters. The van der Waals surface area contributed by atoms with Crippen LogP contribution in [0.25, 0.3) is 0 Å². The number of nitrogens with two attached hydrogens (primary N) is 1. The summed E-state index contributed by atoms with van der Waals surface area (Å²) < 4.78 is 5.75. The molecule has 0 radical (unpaired) electrons. The number of likely N-dealkylation sites (N-methyl/N-ethyl adjacent to an activating group) is 1. The van der Waals surface area contributed by atoms with E-state index in [1.807, 2.05) is 0 Å². The Bertz CT molecular complexity index is 331. The van der Waals surface area contributed by atoms with Crippen molar-refractivity contribution in [1.29, 1.82) is 0 Å². The molecule has 0 aliphatic heterocycles. The molecule has 0 amide bonds. The topological polar surface area (TPSA) is 38.5 Å². The number of hydrogen-bond acceptors (Lipinski definition) is 3. The van der Waals surface area contributed by atoms with Gasteiger partial charge in [-0.2, -0.15) is 0 Å². The Hall–Kier alpha value is -0.900. The first kappa shape index (κ1) is 14.2. The minimum absolute atomic E-state index is 0.0667. The van der Waals surface area contributed by atoms with Crippen molar-refractivity contribution in [3.63, 3.8) is 0 Å². The first-order chi connectivity index (χ1) is 7.95. The fourth-order valence-corrected chi connectivity index (χ4v) is 1.32. The number of nitrogens with zero attached hydrogens (tertiary/aromatic N) is 1. The highest BCUT2D eigenvalue weighted by Crippen LogP contribution is 2.12. The van der Waals surface area contributed by atoms with Crippen molar-refractivity contribution in [2.75, 3.05) is 20.7 Å². The van der Waals surface area contributed by atoms with Gasteiger partial charge in [0.1, 0.15) is 0 Å². The highest BCUT2D eigenvalue weighted by atomic mass is 16.5. The van der Waals surface area contributed by atoms with Gasteiger partial charge in [-0.05, 0) is 39.1 Å². The van der Waals surface area contributed by atoms with Crippen molar-refractivity contribution in [2.24, 2.45) is 5.73 Å². The molecule has 0 aliphatic carbocycles. The van der Waals surface area contributed by atoms with Crippen molar-refractivity contribution >= 4 is 0 Å². The molecule has 0 aliphatic rings. The molecular formula is C14H24N2O. The van der Waals surface area contributed by atoms with Gasteiger partial charge in [-0.3, -0.25) is 0 Å². The van der Waals surface area contributed by atoms with Gasteiger partial charge < -0.3 is 15.4 Å². The van der Waals surface area contributed by atoms with E-state index in [2.05, 4.69) is 57.1 Å². The Morgan fingerprint density at radius 1 is 1.12 bits per heavy atom. The van der Waals surface area contributed by atoms with E-state index in [4.69, 9.17) is 10.5 Å². The first-order valence-electron chi connectivity index (χ1n) is 5.99. The van der Waals surface area contributed by atoms with Gasteiger partial charge in [0.25, 0.3) is 0 Å². The molecule has 1 rings (SSSR count). The average molecular weight is 236 g/mol. The smallest absolute Gasteiger partial charge is 0.0717 e. The van der Waals surface area contributed by atoms with Gasteiger partial charge in [-0.15, -0.1) is 0 Å². The van der Waals surface area contributed by atoms with Gasteiger partial charge in [-0.1, -0.05) is 24.3 Å². The van der Waals surface area contributed by atoms with E-state index in [1.165, 1.54) is 5.56 Å². The summed E-state index contributed by atoms with van der Waals surface area (Å²) in [6.45, 7) is 6.31. The Morgan fingerprint density at radius 3 is 2.12 bits per heavy atom.